The van der Waals surface area contributed by atoms with Crippen LogP contribution in [-0.2, 0) is 0 Å². The monoisotopic (exact) mass is 216 g/mol. The quantitative estimate of drug-likeness (QED) is 0.687. The highest BCUT2D eigenvalue weighted by molar-refractivity contribution is 5.65. The van der Waals surface area contributed by atoms with E-state index in [0.29, 0.717) is 0 Å². The number of halogens is 2. The summed E-state index contributed by atoms with van der Waals surface area (Å²) in [5, 5.41) is 8.69. The Morgan fingerprint density at radius 2 is 1.94 bits per heavy atom. The summed E-state index contributed by atoms with van der Waals surface area (Å²) < 4.78 is 26.8. The van der Waals surface area contributed by atoms with Crippen molar-refractivity contribution in [1.29, 1.82) is 5.26 Å². The van der Waals surface area contributed by atoms with Crippen LogP contribution < -0.4 is 0 Å². The maximum absolute atomic E-state index is 13.5. The lowest BCUT2D eigenvalue weighted by atomic mass is 10.0. The number of nitriles is 1. The van der Waals surface area contributed by atoms with Crippen molar-refractivity contribution in [2.24, 2.45) is 0 Å². The third kappa shape index (κ3) is 1.75. The van der Waals surface area contributed by atoms with Crippen molar-refractivity contribution in [2.45, 2.75) is 0 Å². The van der Waals surface area contributed by atoms with Gasteiger partial charge in [-0.15, -0.1) is 0 Å². The first-order chi connectivity index (χ1) is 7.72. The third-order valence-electron chi connectivity index (χ3n) is 2.14. The van der Waals surface area contributed by atoms with Gasteiger partial charge >= 0.3 is 0 Å². The predicted octanol–water partition coefficient (Wildman–Crippen LogP) is 2.90. The van der Waals surface area contributed by atoms with E-state index in [2.05, 4.69) is 4.98 Å². The Balaban J connectivity index is 2.65. The lowest BCUT2D eigenvalue weighted by molar-refractivity contribution is 0.583. The summed E-state index contributed by atoms with van der Waals surface area (Å²) >= 11 is 0. The number of hydrogen-bond donors (Lipinski definition) is 0. The van der Waals surface area contributed by atoms with Crippen LogP contribution in [-0.4, -0.2) is 4.98 Å². The SMILES string of the molecule is N#Cc1ccc(F)c(-c2cccnc2F)c1. The Hall–Kier alpha value is -2.28. The predicted molar refractivity (Wildman–Crippen MR) is 54.3 cm³/mol. The summed E-state index contributed by atoms with van der Waals surface area (Å²) in [5.74, 6) is -1.33. The van der Waals surface area contributed by atoms with Gasteiger partial charge in [0.1, 0.15) is 5.82 Å². The van der Waals surface area contributed by atoms with E-state index in [1.807, 2.05) is 6.07 Å². The zero-order valence-corrected chi connectivity index (χ0v) is 8.11. The molecule has 0 aliphatic rings. The molecular weight excluding hydrogens is 210 g/mol. The summed E-state index contributed by atoms with van der Waals surface area (Å²) in [5.41, 5.74) is 0.376. The lowest BCUT2D eigenvalue weighted by Crippen LogP contribution is -1.91. The average Bonchev–Trinajstić information content (AvgIpc) is 2.31. The summed E-state index contributed by atoms with van der Waals surface area (Å²) in [7, 11) is 0. The fourth-order valence-corrected chi connectivity index (χ4v) is 1.39. The van der Waals surface area contributed by atoms with Gasteiger partial charge in [0.05, 0.1) is 11.6 Å². The van der Waals surface area contributed by atoms with E-state index < -0.39 is 11.8 Å². The highest BCUT2D eigenvalue weighted by Gasteiger charge is 2.11. The fourth-order valence-electron chi connectivity index (χ4n) is 1.39. The van der Waals surface area contributed by atoms with E-state index in [4.69, 9.17) is 5.26 Å². The molecule has 0 bridgehead atoms. The van der Waals surface area contributed by atoms with Crippen molar-refractivity contribution in [3.05, 3.63) is 53.9 Å². The second-order valence-corrected chi connectivity index (χ2v) is 3.15. The molecule has 0 unspecified atom stereocenters. The standard InChI is InChI=1S/C12H6F2N2/c13-11-4-3-8(7-15)6-10(11)9-2-1-5-16-12(9)14/h1-6H. The van der Waals surface area contributed by atoms with Gasteiger partial charge in [0.2, 0.25) is 5.95 Å². The van der Waals surface area contributed by atoms with Crippen molar-refractivity contribution in [2.75, 3.05) is 0 Å². The molecule has 2 nitrogen and oxygen atoms in total. The Kier molecular flexibility index (Phi) is 2.61. The van der Waals surface area contributed by atoms with E-state index in [0.717, 1.165) is 6.07 Å². The average molecular weight is 216 g/mol. The Morgan fingerprint density at radius 3 is 2.62 bits per heavy atom. The van der Waals surface area contributed by atoms with Gasteiger partial charge in [0.15, 0.2) is 0 Å². The Morgan fingerprint density at radius 1 is 1.12 bits per heavy atom. The molecule has 0 saturated carbocycles. The summed E-state index contributed by atoms with van der Waals surface area (Å²) in [6.07, 6.45) is 1.28. The molecule has 0 aliphatic heterocycles. The van der Waals surface area contributed by atoms with Crippen LogP contribution in [0.15, 0.2) is 36.5 Å². The number of nitrogens with zero attached hydrogens (tertiary/aromatic N) is 2. The minimum Gasteiger partial charge on any atom is -0.228 e. The molecule has 0 saturated heterocycles. The molecule has 4 heteroatoms. The number of aromatic nitrogens is 1. The highest BCUT2D eigenvalue weighted by Crippen LogP contribution is 2.25. The van der Waals surface area contributed by atoms with Crippen LogP contribution in [0.4, 0.5) is 8.78 Å². The van der Waals surface area contributed by atoms with Gasteiger partial charge in [-0.1, -0.05) is 0 Å². The van der Waals surface area contributed by atoms with Crippen LogP contribution >= 0.6 is 0 Å². The second-order valence-electron chi connectivity index (χ2n) is 3.15. The molecule has 0 N–H and O–H groups in total. The van der Waals surface area contributed by atoms with Gasteiger partial charge in [0.25, 0.3) is 0 Å². The maximum Gasteiger partial charge on any atom is 0.220 e. The van der Waals surface area contributed by atoms with Crippen molar-refractivity contribution < 1.29 is 8.78 Å². The topological polar surface area (TPSA) is 36.7 Å². The number of rotatable bonds is 1. The van der Waals surface area contributed by atoms with Gasteiger partial charge in [-0.3, -0.25) is 0 Å². The van der Waals surface area contributed by atoms with Crippen LogP contribution in [0.3, 0.4) is 0 Å². The van der Waals surface area contributed by atoms with Crippen molar-refractivity contribution in [1.82, 2.24) is 4.98 Å². The van der Waals surface area contributed by atoms with Gasteiger partial charge in [-0.2, -0.15) is 9.65 Å². The molecule has 1 heterocycles. The smallest absolute Gasteiger partial charge is 0.220 e. The van der Waals surface area contributed by atoms with Crippen molar-refractivity contribution >= 4 is 0 Å². The lowest BCUT2D eigenvalue weighted by Gasteiger charge is -2.04. The number of benzene rings is 1. The molecule has 0 fully saturated rings. The molecule has 1 aromatic carbocycles. The minimum atomic E-state index is -0.753. The molecule has 0 atom stereocenters. The Labute approximate surface area is 90.8 Å². The van der Waals surface area contributed by atoms with E-state index in [-0.39, 0.29) is 16.7 Å². The first-order valence-corrected chi connectivity index (χ1v) is 4.53. The first kappa shape index (κ1) is 10.2. The molecule has 0 radical (unpaired) electrons. The van der Waals surface area contributed by atoms with Crippen LogP contribution in [0.25, 0.3) is 11.1 Å². The molecule has 0 spiro atoms. The minimum absolute atomic E-state index is 0.0460. The molecule has 2 aromatic rings. The number of hydrogen-bond acceptors (Lipinski definition) is 2. The van der Waals surface area contributed by atoms with Crippen LogP contribution in [0.2, 0.25) is 0 Å². The van der Waals surface area contributed by atoms with Gasteiger partial charge < -0.3 is 0 Å². The van der Waals surface area contributed by atoms with Crippen LogP contribution in [0, 0.1) is 23.1 Å². The van der Waals surface area contributed by atoms with E-state index in [1.165, 1.54) is 30.5 Å². The maximum atomic E-state index is 13.5. The normalized spacial score (nSPS) is 9.81. The summed E-state index contributed by atoms with van der Waals surface area (Å²) in [6.45, 7) is 0. The molecule has 1 aromatic heterocycles. The fraction of sp³-hybridized carbons (Fsp3) is 0. The number of pyridine rings is 1. The summed E-state index contributed by atoms with van der Waals surface area (Å²) in [4.78, 5) is 3.44. The Bertz CT molecular complexity index is 573. The molecule has 16 heavy (non-hydrogen) atoms. The molecule has 0 aliphatic carbocycles. The van der Waals surface area contributed by atoms with E-state index in [9.17, 15) is 8.78 Å². The largest absolute Gasteiger partial charge is 0.228 e. The van der Waals surface area contributed by atoms with Gasteiger partial charge in [0, 0.05) is 17.3 Å². The molecule has 78 valence electrons. The van der Waals surface area contributed by atoms with Crippen molar-refractivity contribution in [3.8, 4) is 17.2 Å². The molecular formula is C12H6F2N2. The molecule has 0 amide bonds. The molecule has 2 rings (SSSR count). The van der Waals surface area contributed by atoms with Crippen LogP contribution in [0.5, 0.6) is 0 Å². The van der Waals surface area contributed by atoms with E-state index >= 15 is 0 Å². The van der Waals surface area contributed by atoms with Crippen LogP contribution in [0.1, 0.15) is 5.56 Å². The highest BCUT2D eigenvalue weighted by atomic mass is 19.1. The summed E-state index contributed by atoms with van der Waals surface area (Å²) in [6, 6.07) is 8.58. The zero-order valence-electron chi connectivity index (χ0n) is 8.11. The van der Waals surface area contributed by atoms with E-state index in [1.54, 1.807) is 0 Å². The van der Waals surface area contributed by atoms with Gasteiger partial charge in [-0.05, 0) is 30.3 Å². The zero-order chi connectivity index (χ0) is 11.5. The second kappa shape index (κ2) is 4.07. The van der Waals surface area contributed by atoms with Gasteiger partial charge in [-0.25, -0.2) is 9.37 Å². The third-order valence-corrected chi connectivity index (χ3v) is 2.14. The first-order valence-electron chi connectivity index (χ1n) is 4.53. The van der Waals surface area contributed by atoms with Crippen molar-refractivity contribution in [3.63, 3.8) is 0 Å².